The second-order valence-corrected chi connectivity index (χ2v) is 3.15. The van der Waals surface area contributed by atoms with Crippen LogP contribution in [0.3, 0.4) is 0 Å². The van der Waals surface area contributed by atoms with Crippen molar-refractivity contribution in [2.24, 2.45) is 0 Å². The molecule has 0 aliphatic rings. The molecule has 0 aliphatic carbocycles. The van der Waals surface area contributed by atoms with Crippen LogP contribution in [0.4, 0.5) is 4.70 Å². The van der Waals surface area contributed by atoms with Crippen LogP contribution in [0.5, 0.6) is 0 Å². The Kier molecular flexibility index (Phi) is 4.07. The van der Waals surface area contributed by atoms with E-state index in [0.717, 1.165) is 4.90 Å². The smallest absolute Gasteiger partial charge is 0.152 e. The summed E-state index contributed by atoms with van der Waals surface area (Å²) in [5.74, 6) is 0. The summed E-state index contributed by atoms with van der Waals surface area (Å²) in [6.07, 6.45) is 1.68. The third-order valence-electron chi connectivity index (χ3n) is 1.08. The van der Waals surface area contributed by atoms with Crippen molar-refractivity contribution in [1.29, 1.82) is 0 Å². The first-order chi connectivity index (χ1) is 4.30. The van der Waals surface area contributed by atoms with Gasteiger partial charge in [0, 0.05) is 0 Å². The second kappa shape index (κ2) is 4.30. The van der Waals surface area contributed by atoms with Gasteiger partial charge in [0.2, 0.25) is 0 Å². The summed E-state index contributed by atoms with van der Waals surface area (Å²) in [4.78, 5) is 0.887. The second-order valence-electron chi connectivity index (χ2n) is 1.77. The number of rotatable bonds is 1. The standard InChI is InChI=1S/C7H8OS.FH/c1-9(8)7-5-3-2-4-6-7;/h2-6H,1H3;1H. The Morgan fingerprint density at radius 3 is 2.00 bits per heavy atom. The van der Waals surface area contributed by atoms with Gasteiger partial charge in [-0.05, 0) is 23.3 Å². The fraction of sp³-hybridized carbons (Fsp3) is 0.143. The van der Waals surface area contributed by atoms with Crippen LogP contribution in [0.1, 0.15) is 0 Å². The zero-order chi connectivity index (χ0) is 6.69. The van der Waals surface area contributed by atoms with Gasteiger partial charge >= 0.3 is 0 Å². The highest BCUT2D eigenvalue weighted by molar-refractivity contribution is 7.90. The van der Waals surface area contributed by atoms with Crippen molar-refractivity contribution in [2.75, 3.05) is 6.26 Å². The lowest BCUT2D eigenvalue weighted by atomic mass is 10.4. The van der Waals surface area contributed by atoms with Gasteiger partial charge in [-0.1, -0.05) is 18.2 Å². The third-order valence-corrected chi connectivity index (χ3v) is 2.01. The highest BCUT2D eigenvalue weighted by atomic mass is 32.2. The number of halogens is 1. The van der Waals surface area contributed by atoms with E-state index in [1.54, 1.807) is 6.26 Å². The van der Waals surface area contributed by atoms with Crippen molar-refractivity contribution in [1.82, 2.24) is 0 Å². The molecule has 1 rings (SSSR count). The molecule has 3 heteroatoms. The molecule has 0 N–H and O–H groups in total. The normalized spacial score (nSPS) is 11.8. The lowest BCUT2D eigenvalue weighted by Crippen LogP contribution is -1.95. The van der Waals surface area contributed by atoms with Crippen LogP contribution >= 0.6 is 0 Å². The van der Waals surface area contributed by atoms with Crippen LogP contribution in [-0.2, 0) is 11.2 Å². The Hall–Kier alpha value is -0.540. The molecule has 0 saturated heterocycles. The summed E-state index contributed by atoms with van der Waals surface area (Å²) < 4.78 is 10.8. The highest BCUT2D eigenvalue weighted by Gasteiger charge is 1.98. The van der Waals surface area contributed by atoms with Crippen LogP contribution in [-0.4, -0.2) is 10.8 Å². The quantitative estimate of drug-likeness (QED) is 0.572. The van der Waals surface area contributed by atoms with E-state index >= 15 is 0 Å². The van der Waals surface area contributed by atoms with Crippen LogP contribution in [0, 0.1) is 0 Å². The van der Waals surface area contributed by atoms with Crippen molar-refractivity contribution in [3.8, 4) is 0 Å². The zero-order valence-electron chi connectivity index (χ0n) is 5.61. The molecule has 0 spiro atoms. The lowest BCUT2D eigenvalue weighted by molar-refractivity contribution is 0.601. The Balaban J connectivity index is 0.000000810. The molecule has 56 valence electrons. The Morgan fingerprint density at radius 2 is 1.70 bits per heavy atom. The van der Waals surface area contributed by atoms with Gasteiger partial charge in [0.15, 0.2) is 4.90 Å². The Labute approximate surface area is 62.6 Å². The predicted molar refractivity (Wildman–Crippen MR) is 41.3 cm³/mol. The minimum absolute atomic E-state index is 0. The molecular formula is C7H9FOS. The largest absolute Gasteiger partial charge is 0.612 e. The van der Waals surface area contributed by atoms with Crippen LogP contribution < -0.4 is 0 Å². The van der Waals surface area contributed by atoms with Crippen molar-refractivity contribution < 1.29 is 9.26 Å². The van der Waals surface area contributed by atoms with E-state index in [1.807, 2.05) is 30.3 Å². The summed E-state index contributed by atoms with van der Waals surface area (Å²) in [5, 5.41) is 0. The minimum atomic E-state index is -0.829. The van der Waals surface area contributed by atoms with Gasteiger partial charge in [-0.2, -0.15) is 0 Å². The Morgan fingerprint density at radius 1 is 1.20 bits per heavy atom. The summed E-state index contributed by atoms with van der Waals surface area (Å²) in [6.45, 7) is 0. The number of hydrogen-bond acceptors (Lipinski definition) is 1. The maximum Gasteiger partial charge on any atom is 0.152 e. The number of benzene rings is 1. The van der Waals surface area contributed by atoms with Gasteiger partial charge in [-0.3, -0.25) is 4.70 Å². The molecule has 1 unspecified atom stereocenters. The first-order valence-electron chi connectivity index (χ1n) is 2.69. The van der Waals surface area contributed by atoms with Gasteiger partial charge in [0.1, 0.15) is 6.26 Å². The monoisotopic (exact) mass is 160 g/mol. The fourth-order valence-electron chi connectivity index (χ4n) is 0.612. The molecule has 0 fully saturated rings. The molecule has 0 heterocycles. The lowest BCUT2D eigenvalue weighted by Gasteiger charge is -2.01. The van der Waals surface area contributed by atoms with E-state index in [1.165, 1.54) is 0 Å². The average molecular weight is 160 g/mol. The molecular weight excluding hydrogens is 151 g/mol. The van der Waals surface area contributed by atoms with Crippen molar-refractivity contribution in [3.05, 3.63) is 30.3 Å². The zero-order valence-corrected chi connectivity index (χ0v) is 6.43. The average Bonchev–Trinajstić information content (AvgIpc) is 1.90. The van der Waals surface area contributed by atoms with Crippen LogP contribution in [0.2, 0.25) is 0 Å². The summed E-state index contributed by atoms with van der Waals surface area (Å²) in [5.41, 5.74) is 0. The third kappa shape index (κ3) is 2.37. The van der Waals surface area contributed by atoms with Crippen molar-refractivity contribution in [2.45, 2.75) is 4.90 Å². The van der Waals surface area contributed by atoms with E-state index < -0.39 is 11.2 Å². The van der Waals surface area contributed by atoms with Crippen LogP contribution in [0.25, 0.3) is 0 Å². The molecule has 0 radical (unpaired) electrons. The molecule has 10 heavy (non-hydrogen) atoms. The molecule has 0 bridgehead atoms. The van der Waals surface area contributed by atoms with Gasteiger partial charge in [0.05, 0.1) is 0 Å². The maximum absolute atomic E-state index is 10.8. The van der Waals surface area contributed by atoms with Gasteiger partial charge < -0.3 is 4.55 Å². The molecule has 1 nitrogen and oxygen atoms in total. The van der Waals surface area contributed by atoms with E-state index in [9.17, 15) is 4.55 Å². The Bertz CT molecular complexity index is 176. The molecule has 0 aliphatic heterocycles. The van der Waals surface area contributed by atoms with E-state index in [0.29, 0.717) is 0 Å². The first kappa shape index (κ1) is 9.46. The van der Waals surface area contributed by atoms with E-state index in [4.69, 9.17) is 0 Å². The highest BCUT2D eigenvalue weighted by Crippen LogP contribution is 2.05. The molecule has 1 aromatic carbocycles. The summed E-state index contributed by atoms with van der Waals surface area (Å²) in [6, 6.07) is 9.40. The maximum atomic E-state index is 10.8. The summed E-state index contributed by atoms with van der Waals surface area (Å²) >= 11 is -0.829. The molecule has 0 amide bonds. The van der Waals surface area contributed by atoms with Crippen molar-refractivity contribution in [3.63, 3.8) is 0 Å². The topological polar surface area (TPSA) is 23.1 Å². The number of hydrogen-bond donors (Lipinski definition) is 0. The predicted octanol–water partition coefficient (Wildman–Crippen LogP) is 1.58. The van der Waals surface area contributed by atoms with Crippen molar-refractivity contribution >= 4 is 11.2 Å². The van der Waals surface area contributed by atoms with Gasteiger partial charge in [-0.15, -0.1) is 0 Å². The van der Waals surface area contributed by atoms with Crippen LogP contribution in [0.15, 0.2) is 35.2 Å². The van der Waals surface area contributed by atoms with E-state index in [2.05, 4.69) is 0 Å². The van der Waals surface area contributed by atoms with E-state index in [-0.39, 0.29) is 4.70 Å². The minimum Gasteiger partial charge on any atom is -0.612 e. The molecule has 0 saturated carbocycles. The summed E-state index contributed by atoms with van der Waals surface area (Å²) in [7, 11) is 0. The van der Waals surface area contributed by atoms with Gasteiger partial charge in [-0.25, -0.2) is 0 Å². The molecule has 1 aromatic rings. The molecule has 1 atom stereocenters. The van der Waals surface area contributed by atoms with Gasteiger partial charge in [0.25, 0.3) is 0 Å². The first-order valence-corrected chi connectivity index (χ1v) is 4.25. The SMILES string of the molecule is C[S+]([O-])c1ccccc1.F. The fourth-order valence-corrected chi connectivity index (χ4v) is 1.15. The molecule has 0 aromatic heterocycles.